The molecule has 33 heavy (non-hydrogen) atoms. The number of hydrazone groups is 1. The number of nitro benzene ring substituents is 1. The van der Waals surface area contributed by atoms with Gasteiger partial charge < -0.3 is 4.74 Å². The van der Waals surface area contributed by atoms with Crippen molar-refractivity contribution in [3.05, 3.63) is 118 Å². The second kappa shape index (κ2) is 10.0. The number of carbonyl (C=O) groups is 1. The first-order valence-electron chi connectivity index (χ1n) is 10.00. The molecule has 9 nitrogen and oxygen atoms in total. The van der Waals surface area contributed by atoms with Crippen LogP contribution in [0.5, 0.6) is 11.5 Å². The molecule has 3 aromatic carbocycles. The Bertz CT molecular complexity index is 1280. The number of nitrogens with one attached hydrogen (secondary N) is 1. The van der Waals surface area contributed by atoms with Crippen molar-refractivity contribution in [2.75, 3.05) is 0 Å². The van der Waals surface area contributed by atoms with E-state index in [1.165, 1.54) is 18.3 Å². The van der Waals surface area contributed by atoms with E-state index in [2.05, 4.69) is 15.6 Å². The molecule has 0 aliphatic heterocycles. The zero-order valence-electron chi connectivity index (χ0n) is 17.4. The van der Waals surface area contributed by atoms with Gasteiger partial charge in [-0.15, -0.1) is 0 Å². The largest absolute Gasteiger partial charge is 0.457 e. The van der Waals surface area contributed by atoms with Gasteiger partial charge in [0.05, 0.1) is 17.7 Å². The quantitative estimate of drug-likeness (QED) is 0.248. The van der Waals surface area contributed by atoms with Gasteiger partial charge in [0, 0.05) is 18.3 Å². The minimum absolute atomic E-state index is 0.0225. The summed E-state index contributed by atoms with van der Waals surface area (Å²) in [6, 6.07) is 24.5. The van der Waals surface area contributed by atoms with Crippen molar-refractivity contribution in [1.29, 1.82) is 0 Å². The van der Waals surface area contributed by atoms with Crippen molar-refractivity contribution in [1.82, 2.24) is 15.2 Å². The Morgan fingerprint density at radius 1 is 1.03 bits per heavy atom. The van der Waals surface area contributed by atoms with E-state index < -0.39 is 10.8 Å². The molecule has 164 valence electrons. The molecule has 9 heteroatoms. The van der Waals surface area contributed by atoms with E-state index in [9.17, 15) is 14.9 Å². The number of rotatable bonds is 8. The minimum Gasteiger partial charge on any atom is -0.457 e. The fourth-order valence-corrected chi connectivity index (χ4v) is 2.99. The first-order chi connectivity index (χ1) is 16.1. The Labute approximate surface area is 189 Å². The molecule has 1 aromatic heterocycles. The maximum atomic E-state index is 12.3. The minimum atomic E-state index is -0.453. The topological polar surface area (TPSA) is 112 Å². The fourth-order valence-electron chi connectivity index (χ4n) is 2.99. The predicted octanol–water partition coefficient (Wildman–Crippen LogP) is 4.40. The third-order valence-electron chi connectivity index (χ3n) is 4.58. The van der Waals surface area contributed by atoms with E-state index in [1.807, 2.05) is 54.6 Å². The summed E-state index contributed by atoms with van der Waals surface area (Å²) in [4.78, 5) is 22.6. The van der Waals surface area contributed by atoms with Crippen molar-refractivity contribution in [3.8, 4) is 11.5 Å². The van der Waals surface area contributed by atoms with Gasteiger partial charge in [-0.05, 0) is 41.5 Å². The smallest absolute Gasteiger partial charge is 0.291 e. The molecule has 0 radical (unpaired) electrons. The maximum absolute atomic E-state index is 12.3. The lowest BCUT2D eigenvalue weighted by Gasteiger charge is -2.05. The molecule has 0 atom stereocenters. The molecule has 0 unspecified atom stereocenters. The molecule has 0 spiro atoms. The Kier molecular flexibility index (Phi) is 6.51. The van der Waals surface area contributed by atoms with Gasteiger partial charge in [-0.1, -0.05) is 42.5 Å². The lowest BCUT2D eigenvalue weighted by Crippen LogP contribution is -2.18. The van der Waals surface area contributed by atoms with Crippen molar-refractivity contribution in [3.63, 3.8) is 0 Å². The molecule has 0 saturated heterocycles. The standard InChI is InChI=1S/C24H19N5O4/c30-24(23-13-14-28(27-23)17-18-9-11-20(12-10-18)29(31)32)26-25-16-19-5-4-8-22(15-19)33-21-6-2-1-3-7-21/h1-16H,17H2,(H,26,30)/b25-16-. The number of aromatic nitrogens is 2. The first kappa shape index (κ1) is 21.4. The number of benzene rings is 3. The molecule has 1 heterocycles. The van der Waals surface area contributed by atoms with Crippen LogP contribution < -0.4 is 10.2 Å². The Morgan fingerprint density at radius 2 is 1.79 bits per heavy atom. The van der Waals surface area contributed by atoms with Crippen LogP contribution in [-0.4, -0.2) is 26.8 Å². The molecule has 0 aliphatic carbocycles. The van der Waals surface area contributed by atoms with Crippen LogP contribution in [-0.2, 0) is 6.54 Å². The number of hydrogen-bond acceptors (Lipinski definition) is 6. The van der Waals surface area contributed by atoms with Crippen LogP contribution in [0.15, 0.2) is 96.2 Å². The van der Waals surface area contributed by atoms with Gasteiger partial charge >= 0.3 is 0 Å². The van der Waals surface area contributed by atoms with Crippen LogP contribution in [0.2, 0.25) is 0 Å². The van der Waals surface area contributed by atoms with Crippen molar-refractivity contribution in [2.24, 2.45) is 5.10 Å². The van der Waals surface area contributed by atoms with E-state index in [1.54, 1.807) is 29.1 Å². The number of ether oxygens (including phenoxy) is 1. The van der Waals surface area contributed by atoms with E-state index in [0.717, 1.165) is 16.9 Å². The second-order valence-corrected chi connectivity index (χ2v) is 7.01. The molecule has 4 rings (SSSR count). The summed E-state index contributed by atoms with van der Waals surface area (Å²) < 4.78 is 7.36. The van der Waals surface area contributed by atoms with Gasteiger partial charge in [-0.3, -0.25) is 19.6 Å². The summed E-state index contributed by atoms with van der Waals surface area (Å²) in [5.74, 6) is 0.927. The third kappa shape index (κ3) is 5.88. The van der Waals surface area contributed by atoms with Gasteiger partial charge in [0.15, 0.2) is 5.69 Å². The number of para-hydroxylation sites is 1. The SMILES string of the molecule is O=C(N/N=C\c1cccc(Oc2ccccc2)c1)c1ccn(Cc2ccc([N+](=O)[O-])cc2)n1. The Hall–Kier alpha value is -4.79. The summed E-state index contributed by atoms with van der Waals surface area (Å²) in [7, 11) is 0. The van der Waals surface area contributed by atoms with Gasteiger partial charge in [-0.2, -0.15) is 10.2 Å². The number of hydrogen-bond donors (Lipinski definition) is 1. The monoisotopic (exact) mass is 441 g/mol. The van der Waals surface area contributed by atoms with Gasteiger partial charge in [0.25, 0.3) is 11.6 Å². The molecule has 0 bridgehead atoms. The second-order valence-electron chi connectivity index (χ2n) is 7.01. The fraction of sp³-hybridized carbons (Fsp3) is 0.0417. The van der Waals surface area contributed by atoms with Crippen LogP contribution in [0.3, 0.4) is 0 Å². The number of nitrogens with zero attached hydrogens (tertiary/aromatic N) is 4. The number of amides is 1. The van der Waals surface area contributed by atoms with Crippen molar-refractivity contribution >= 4 is 17.8 Å². The van der Waals surface area contributed by atoms with Gasteiger partial charge in [-0.25, -0.2) is 5.43 Å². The van der Waals surface area contributed by atoms with Crippen LogP contribution in [0.1, 0.15) is 21.6 Å². The van der Waals surface area contributed by atoms with Crippen LogP contribution in [0, 0.1) is 10.1 Å². The molecule has 1 N–H and O–H groups in total. The highest BCUT2D eigenvalue weighted by atomic mass is 16.6. The number of nitro groups is 1. The van der Waals surface area contributed by atoms with E-state index in [0.29, 0.717) is 12.3 Å². The molecular weight excluding hydrogens is 422 g/mol. The maximum Gasteiger partial charge on any atom is 0.291 e. The van der Waals surface area contributed by atoms with Crippen LogP contribution >= 0.6 is 0 Å². The molecule has 0 saturated carbocycles. The molecule has 0 aliphatic rings. The van der Waals surface area contributed by atoms with Crippen LogP contribution in [0.4, 0.5) is 5.69 Å². The van der Waals surface area contributed by atoms with Gasteiger partial charge in [0.2, 0.25) is 0 Å². The zero-order valence-corrected chi connectivity index (χ0v) is 17.4. The normalized spacial score (nSPS) is 10.8. The highest BCUT2D eigenvalue weighted by Crippen LogP contribution is 2.21. The highest BCUT2D eigenvalue weighted by molar-refractivity contribution is 5.93. The summed E-state index contributed by atoms with van der Waals surface area (Å²) >= 11 is 0. The average molecular weight is 441 g/mol. The lowest BCUT2D eigenvalue weighted by molar-refractivity contribution is -0.384. The molecular formula is C24H19N5O4. The Balaban J connectivity index is 1.33. The Morgan fingerprint density at radius 3 is 2.55 bits per heavy atom. The van der Waals surface area contributed by atoms with E-state index >= 15 is 0 Å². The third-order valence-corrected chi connectivity index (χ3v) is 4.58. The van der Waals surface area contributed by atoms with E-state index in [4.69, 9.17) is 4.74 Å². The summed E-state index contributed by atoms with van der Waals surface area (Å²) in [6.45, 7) is 0.378. The van der Waals surface area contributed by atoms with Crippen LogP contribution in [0.25, 0.3) is 0 Å². The summed E-state index contributed by atoms with van der Waals surface area (Å²) in [6.07, 6.45) is 3.17. The van der Waals surface area contributed by atoms with Gasteiger partial charge in [0.1, 0.15) is 11.5 Å². The molecule has 1 amide bonds. The van der Waals surface area contributed by atoms with Crippen molar-refractivity contribution in [2.45, 2.75) is 6.54 Å². The average Bonchev–Trinajstić information content (AvgIpc) is 3.29. The van der Waals surface area contributed by atoms with Crippen molar-refractivity contribution < 1.29 is 14.5 Å². The highest BCUT2D eigenvalue weighted by Gasteiger charge is 2.10. The predicted molar refractivity (Wildman–Crippen MR) is 122 cm³/mol. The number of non-ortho nitro benzene ring substituents is 1. The molecule has 4 aromatic rings. The zero-order chi connectivity index (χ0) is 23.0. The number of carbonyl (C=O) groups excluding carboxylic acids is 1. The lowest BCUT2D eigenvalue weighted by atomic mass is 10.2. The summed E-state index contributed by atoms with van der Waals surface area (Å²) in [5, 5.41) is 19.0. The first-order valence-corrected chi connectivity index (χ1v) is 10.00. The molecule has 0 fully saturated rings. The summed E-state index contributed by atoms with van der Waals surface area (Å²) in [5.41, 5.74) is 4.26. The van der Waals surface area contributed by atoms with E-state index in [-0.39, 0.29) is 11.4 Å².